The number of carboxylic acids is 1. The summed E-state index contributed by atoms with van der Waals surface area (Å²) in [4.78, 5) is 22.9. The number of aromatic carboxylic acids is 1. The molecule has 0 aromatic heterocycles. The third-order valence-electron chi connectivity index (χ3n) is 2.73. The molecule has 0 spiro atoms. The second-order valence-corrected chi connectivity index (χ2v) is 4.24. The molecule has 20 heavy (non-hydrogen) atoms. The van der Waals surface area contributed by atoms with Crippen molar-refractivity contribution in [1.82, 2.24) is 0 Å². The van der Waals surface area contributed by atoms with Crippen molar-refractivity contribution in [3.63, 3.8) is 0 Å². The van der Waals surface area contributed by atoms with Gasteiger partial charge in [0.2, 0.25) is 5.91 Å². The first-order valence-corrected chi connectivity index (χ1v) is 5.96. The van der Waals surface area contributed by atoms with E-state index >= 15 is 0 Å². The number of phenolic OH excluding ortho intramolecular Hbond substituents is 1. The zero-order valence-corrected chi connectivity index (χ0v) is 10.5. The number of carbonyl (C=O) groups is 2. The van der Waals surface area contributed by atoms with Crippen LogP contribution < -0.4 is 5.32 Å². The van der Waals surface area contributed by atoms with Gasteiger partial charge < -0.3 is 15.5 Å². The van der Waals surface area contributed by atoms with E-state index in [1.807, 2.05) is 0 Å². The van der Waals surface area contributed by atoms with E-state index < -0.39 is 5.97 Å². The van der Waals surface area contributed by atoms with Gasteiger partial charge in [0.15, 0.2) is 0 Å². The predicted molar refractivity (Wildman–Crippen MR) is 73.8 cm³/mol. The first-order chi connectivity index (χ1) is 9.56. The van der Waals surface area contributed by atoms with E-state index in [-0.39, 0.29) is 29.3 Å². The molecule has 3 N–H and O–H groups in total. The number of hydrogen-bond donors (Lipinski definition) is 3. The van der Waals surface area contributed by atoms with Crippen LogP contribution in [0.4, 0.5) is 5.69 Å². The van der Waals surface area contributed by atoms with Gasteiger partial charge in [-0.2, -0.15) is 0 Å². The minimum absolute atomic E-state index is 0.0477. The van der Waals surface area contributed by atoms with Crippen molar-refractivity contribution in [2.75, 3.05) is 5.32 Å². The topological polar surface area (TPSA) is 86.6 Å². The van der Waals surface area contributed by atoms with Crippen molar-refractivity contribution in [3.05, 3.63) is 59.7 Å². The molecule has 2 aromatic carbocycles. The third kappa shape index (κ3) is 3.35. The second kappa shape index (κ2) is 5.88. The number of para-hydroxylation sites is 1. The van der Waals surface area contributed by atoms with Crippen LogP contribution in [0.2, 0.25) is 0 Å². The Morgan fingerprint density at radius 2 is 1.65 bits per heavy atom. The number of nitrogens with one attached hydrogen (secondary N) is 1. The quantitative estimate of drug-likeness (QED) is 0.796. The monoisotopic (exact) mass is 271 g/mol. The number of rotatable bonds is 4. The molecular formula is C15H13NO4. The molecule has 0 bridgehead atoms. The van der Waals surface area contributed by atoms with Gasteiger partial charge in [-0.3, -0.25) is 4.79 Å². The highest BCUT2D eigenvalue weighted by molar-refractivity contribution is 6.00. The average molecular weight is 271 g/mol. The molecule has 0 radical (unpaired) electrons. The van der Waals surface area contributed by atoms with E-state index in [0.717, 1.165) is 5.56 Å². The van der Waals surface area contributed by atoms with Crippen LogP contribution in [0.25, 0.3) is 0 Å². The molecule has 5 nitrogen and oxygen atoms in total. The Morgan fingerprint density at radius 1 is 1.00 bits per heavy atom. The fourth-order valence-electron chi connectivity index (χ4n) is 1.77. The molecule has 0 aliphatic heterocycles. The highest BCUT2D eigenvalue weighted by atomic mass is 16.4. The number of carboxylic acid groups (broad SMARTS) is 1. The number of benzene rings is 2. The molecule has 0 aliphatic carbocycles. The van der Waals surface area contributed by atoms with Crippen LogP contribution in [0.1, 0.15) is 15.9 Å². The van der Waals surface area contributed by atoms with Crippen molar-refractivity contribution < 1.29 is 19.8 Å². The highest BCUT2D eigenvalue weighted by Crippen LogP contribution is 2.16. The minimum Gasteiger partial charge on any atom is -0.508 e. The number of hydrogen-bond acceptors (Lipinski definition) is 3. The number of carbonyl (C=O) groups excluding carboxylic acids is 1. The lowest BCUT2D eigenvalue weighted by molar-refractivity contribution is -0.115. The van der Waals surface area contributed by atoms with Gasteiger partial charge in [-0.05, 0) is 29.8 Å². The third-order valence-corrected chi connectivity index (χ3v) is 2.73. The smallest absolute Gasteiger partial charge is 0.337 e. The summed E-state index contributed by atoms with van der Waals surface area (Å²) >= 11 is 0. The average Bonchev–Trinajstić information content (AvgIpc) is 2.41. The van der Waals surface area contributed by atoms with Crippen molar-refractivity contribution in [1.29, 1.82) is 0 Å². The van der Waals surface area contributed by atoms with Crippen molar-refractivity contribution in [3.8, 4) is 5.75 Å². The van der Waals surface area contributed by atoms with Crippen molar-refractivity contribution in [2.45, 2.75) is 6.42 Å². The summed E-state index contributed by atoms with van der Waals surface area (Å²) < 4.78 is 0. The van der Waals surface area contributed by atoms with Gasteiger partial charge >= 0.3 is 5.97 Å². The second-order valence-electron chi connectivity index (χ2n) is 4.24. The molecule has 2 rings (SSSR count). The Bertz CT molecular complexity index is 635. The molecule has 0 unspecified atom stereocenters. The highest BCUT2D eigenvalue weighted by Gasteiger charge is 2.11. The zero-order chi connectivity index (χ0) is 14.5. The van der Waals surface area contributed by atoms with Gasteiger partial charge in [-0.1, -0.05) is 24.3 Å². The lowest BCUT2D eigenvalue weighted by Crippen LogP contribution is -2.16. The van der Waals surface area contributed by atoms with Crippen LogP contribution in [0.3, 0.4) is 0 Å². The lowest BCUT2D eigenvalue weighted by atomic mass is 10.1. The Labute approximate surface area is 115 Å². The Balaban J connectivity index is 2.08. The molecule has 0 heterocycles. The lowest BCUT2D eigenvalue weighted by Gasteiger charge is -2.08. The van der Waals surface area contributed by atoms with Gasteiger partial charge in [0.25, 0.3) is 0 Å². The summed E-state index contributed by atoms with van der Waals surface area (Å²) in [7, 11) is 0. The SMILES string of the molecule is O=C(Cc1ccc(O)cc1)Nc1ccccc1C(=O)O. The molecule has 0 saturated heterocycles. The van der Waals surface area contributed by atoms with E-state index in [4.69, 9.17) is 10.2 Å². The number of anilines is 1. The van der Waals surface area contributed by atoms with E-state index in [2.05, 4.69) is 5.32 Å². The summed E-state index contributed by atoms with van der Waals surface area (Å²) in [6.45, 7) is 0. The van der Waals surface area contributed by atoms with Gasteiger partial charge in [-0.15, -0.1) is 0 Å². The van der Waals surface area contributed by atoms with E-state index in [9.17, 15) is 9.59 Å². The molecule has 0 aliphatic rings. The Hall–Kier alpha value is -2.82. The van der Waals surface area contributed by atoms with Gasteiger partial charge in [0, 0.05) is 0 Å². The Kier molecular flexibility index (Phi) is 4.00. The molecule has 5 heteroatoms. The van der Waals surface area contributed by atoms with Crippen LogP contribution in [-0.4, -0.2) is 22.1 Å². The normalized spacial score (nSPS) is 10.0. The molecular weight excluding hydrogens is 258 g/mol. The van der Waals surface area contributed by atoms with E-state index in [1.54, 1.807) is 24.3 Å². The van der Waals surface area contributed by atoms with Crippen LogP contribution in [0, 0.1) is 0 Å². The standard InChI is InChI=1S/C15H13NO4/c17-11-7-5-10(6-8-11)9-14(18)16-13-4-2-1-3-12(13)15(19)20/h1-8,17H,9H2,(H,16,18)(H,19,20). The maximum Gasteiger partial charge on any atom is 0.337 e. The van der Waals surface area contributed by atoms with Gasteiger partial charge in [0.05, 0.1) is 17.7 Å². The number of aromatic hydroxyl groups is 1. The van der Waals surface area contributed by atoms with Crippen molar-refractivity contribution in [2.24, 2.45) is 0 Å². The molecule has 0 saturated carbocycles. The zero-order valence-electron chi connectivity index (χ0n) is 10.5. The molecule has 102 valence electrons. The maximum atomic E-state index is 11.9. The van der Waals surface area contributed by atoms with Gasteiger partial charge in [0.1, 0.15) is 5.75 Å². The van der Waals surface area contributed by atoms with E-state index in [1.165, 1.54) is 24.3 Å². The molecule has 2 aromatic rings. The Morgan fingerprint density at radius 3 is 2.30 bits per heavy atom. The predicted octanol–water partition coefficient (Wildman–Crippen LogP) is 2.27. The summed E-state index contributed by atoms with van der Waals surface area (Å²) in [5.74, 6) is -1.28. The number of amides is 1. The summed E-state index contributed by atoms with van der Waals surface area (Å²) in [5, 5.41) is 20.8. The summed E-state index contributed by atoms with van der Waals surface area (Å²) in [5.41, 5.74) is 1.04. The van der Waals surface area contributed by atoms with E-state index in [0.29, 0.717) is 0 Å². The van der Waals surface area contributed by atoms with Crippen LogP contribution in [0.15, 0.2) is 48.5 Å². The summed E-state index contributed by atoms with van der Waals surface area (Å²) in [6, 6.07) is 12.5. The number of phenols is 1. The van der Waals surface area contributed by atoms with Crippen molar-refractivity contribution >= 4 is 17.6 Å². The maximum absolute atomic E-state index is 11.9. The first kappa shape index (κ1) is 13.6. The first-order valence-electron chi connectivity index (χ1n) is 5.96. The van der Waals surface area contributed by atoms with Crippen LogP contribution in [-0.2, 0) is 11.2 Å². The summed E-state index contributed by atoms with van der Waals surface area (Å²) in [6.07, 6.45) is 0.105. The fraction of sp³-hybridized carbons (Fsp3) is 0.0667. The molecule has 0 fully saturated rings. The van der Waals surface area contributed by atoms with Crippen LogP contribution >= 0.6 is 0 Å². The largest absolute Gasteiger partial charge is 0.508 e. The van der Waals surface area contributed by atoms with Gasteiger partial charge in [-0.25, -0.2) is 4.79 Å². The van der Waals surface area contributed by atoms with Crippen LogP contribution in [0.5, 0.6) is 5.75 Å². The minimum atomic E-state index is -1.09. The fourth-order valence-corrected chi connectivity index (χ4v) is 1.77. The molecule has 0 atom stereocenters. The molecule has 1 amide bonds.